The molecular formula is C25H39N5O5Si. The second-order valence-electron chi connectivity index (χ2n) is 10.3. The standard InChI is InChI=1S/C25H39N5O5Si/c1-33-24(31)20-9-7-6-8-19(26)23-29-22(15-30(23)16-35-12-13-36(3,4)5)18-11-10-17(14-21(18)28-20)27-25(32)34-2/h10-11,14-15,19-20,28H,6-9,12-13,16,26H2,1-5H3,(H,27,32)/t19-,20+/m0/s1. The molecule has 36 heavy (non-hydrogen) atoms. The molecule has 2 bridgehead atoms. The molecule has 3 rings (SSSR count). The molecule has 1 aliphatic heterocycles. The number of nitrogens with one attached hydrogen (secondary N) is 2. The Morgan fingerprint density at radius 1 is 1.19 bits per heavy atom. The quantitative estimate of drug-likeness (QED) is 0.277. The lowest BCUT2D eigenvalue weighted by Crippen LogP contribution is -2.31. The summed E-state index contributed by atoms with van der Waals surface area (Å²) in [6, 6.07) is 5.64. The molecule has 1 aliphatic rings. The number of methoxy groups -OCH3 is 2. The Morgan fingerprint density at radius 3 is 2.64 bits per heavy atom. The van der Waals surface area contributed by atoms with Crippen molar-refractivity contribution >= 4 is 31.5 Å². The number of hydrogen-bond acceptors (Lipinski definition) is 8. The van der Waals surface area contributed by atoms with E-state index in [-0.39, 0.29) is 12.0 Å². The van der Waals surface area contributed by atoms with Crippen LogP contribution in [0.4, 0.5) is 16.2 Å². The van der Waals surface area contributed by atoms with Crippen molar-refractivity contribution in [1.29, 1.82) is 0 Å². The van der Waals surface area contributed by atoms with Gasteiger partial charge in [-0.3, -0.25) is 5.32 Å². The minimum Gasteiger partial charge on any atom is -0.467 e. The number of esters is 1. The molecule has 198 valence electrons. The SMILES string of the molecule is COC(=O)Nc1ccc2c(c1)N[C@@H](C(=O)OC)CCCC[C@H](N)c1nc-2cn1COCC[Si](C)(C)C. The van der Waals surface area contributed by atoms with Crippen LogP contribution in [0.25, 0.3) is 11.3 Å². The normalized spacial score (nSPS) is 18.2. The highest BCUT2D eigenvalue weighted by atomic mass is 28.3. The van der Waals surface area contributed by atoms with Crippen LogP contribution in [-0.2, 0) is 25.7 Å². The van der Waals surface area contributed by atoms with Gasteiger partial charge in [-0.2, -0.15) is 0 Å². The van der Waals surface area contributed by atoms with Crippen LogP contribution >= 0.6 is 0 Å². The minimum absolute atomic E-state index is 0.257. The molecule has 0 spiro atoms. The summed E-state index contributed by atoms with van der Waals surface area (Å²) in [6.07, 6.45) is 4.31. The van der Waals surface area contributed by atoms with Crippen LogP contribution < -0.4 is 16.4 Å². The zero-order chi connectivity index (χ0) is 26.3. The smallest absolute Gasteiger partial charge is 0.411 e. The number of carbonyl (C=O) groups excluding carboxylic acids is 2. The number of nitrogens with two attached hydrogens (primary N) is 1. The van der Waals surface area contributed by atoms with Crippen molar-refractivity contribution in [3.63, 3.8) is 0 Å². The third kappa shape index (κ3) is 7.55. The highest BCUT2D eigenvalue weighted by Crippen LogP contribution is 2.33. The molecule has 1 aromatic carbocycles. The van der Waals surface area contributed by atoms with E-state index in [0.29, 0.717) is 36.8 Å². The molecule has 10 nitrogen and oxygen atoms in total. The Bertz CT molecular complexity index is 1050. The number of amides is 1. The molecular weight excluding hydrogens is 478 g/mol. The van der Waals surface area contributed by atoms with Crippen molar-refractivity contribution < 1.29 is 23.8 Å². The summed E-state index contributed by atoms with van der Waals surface area (Å²) in [5, 5.41) is 5.99. The first-order valence-corrected chi connectivity index (χ1v) is 16.1. The third-order valence-electron chi connectivity index (χ3n) is 6.17. The summed E-state index contributed by atoms with van der Waals surface area (Å²) in [4.78, 5) is 29.2. The van der Waals surface area contributed by atoms with Gasteiger partial charge in [-0.05, 0) is 37.1 Å². The number of rotatable bonds is 7. The van der Waals surface area contributed by atoms with Crippen LogP contribution in [0.15, 0.2) is 24.4 Å². The van der Waals surface area contributed by atoms with E-state index in [9.17, 15) is 9.59 Å². The minimum atomic E-state index is -1.20. The summed E-state index contributed by atoms with van der Waals surface area (Å²) in [5.41, 5.74) is 9.21. The highest BCUT2D eigenvalue weighted by Gasteiger charge is 2.24. The summed E-state index contributed by atoms with van der Waals surface area (Å²) in [6.45, 7) is 8.03. The average Bonchev–Trinajstić information content (AvgIpc) is 3.26. The molecule has 0 saturated heterocycles. The van der Waals surface area contributed by atoms with Crippen LogP contribution in [0.1, 0.15) is 37.5 Å². The van der Waals surface area contributed by atoms with E-state index < -0.39 is 20.2 Å². The van der Waals surface area contributed by atoms with Crippen molar-refractivity contribution in [2.45, 2.75) is 70.2 Å². The molecule has 2 aromatic rings. The van der Waals surface area contributed by atoms with E-state index in [0.717, 1.165) is 36.7 Å². The number of ether oxygens (including phenoxy) is 3. The van der Waals surface area contributed by atoms with Gasteiger partial charge in [-0.25, -0.2) is 14.6 Å². The Morgan fingerprint density at radius 2 is 1.94 bits per heavy atom. The largest absolute Gasteiger partial charge is 0.467 e. The van der Waals surface area contributed by atoms with E-state index in [1.165, 1.54) is 14.2 Å². The zero-order valence-corrected chi connectivity index (χ0v) is 22.9. The van der Waals surface area contributed by atoms with Gasteiger partial charge in [0.15, 0.2) is 0 Å². The predicted octanol–water partition coefficient (Wildman–Crippen LogP) is 4.57. The number of carbonyl (C=O) groups is 2. The fourth-order valence-corrected chi connectivity index (χ4v) is 4.81. The third-order valence-corrected chi connectivity index (χ3v) is 7.87. The fraction of sp³-hybridized carbons (Fsp3) is 0.560. The first-order chi connectivity index (χ1) is 17.1. The lowest BCUT2D eigenvalue weighted by Gasteiger charge is -2.21. The van der Waals surface area contributed by atoms with Gasteiger partial charge in [0.2, 0.25) is 0 Å². The Hall–Kier alpha value is -2.89. The van der Waals surface area contributed by atoms with Crippen LogP contribution in [-0.4, -0.2) is 56.6 Å². The lowest BCUT2D eigenvalue weighted by molar-refractivity contribution is -0.141. The number of anilines is 2. The molecule has 1 aromatic heterocycles. The predicted molar refractivity (Wildman–Crippen MR) is 143 cm³/mol. The fourth-order valence-electron chi connectivity index (χ4n) is 4.05. The van der Waals surface area contributed by atoms with Crippen molar-refractivity contribution in [3.8, 4) is 11.3 Å². The summed E-state index contributed by atoms with van der Waals surface area (Å²) >= 11 is 0. The Kier molecular flexibility index (Phi) is 9.52. The van der Waals surface area contributed by atoms with Gasteiger partial charge in [0.05, 0.1) is 26.0 Å². The molecule has 2 atom stereocenters. The number of benzene rings is 1. The van der Waals surface area contributed by atoms with Crippen LogP contribution in [0, 0.1) is 0 Å². The zero-order valence-electron chi connectivity index (χ0n) is 21.9. The second kappa shape index (κ2) is 12.4. The van der Waals surface area contributed by atoms with E-state index in [1.807, 2.05) is 16.8 Å². The van der Waals surface area contributed by atoms with Gasteiger partial charge >= 0.3 is 12.1 Å². The van der Waals surface area contributed by atoms with Gasteiger partial charge in [0.1, 0.15) is 18.6 Å². The second-order valence-corrected chi connectivity index (χ2v) is 15.9. The van der Waals surface area contributed by atoms with Crippen molar-refractivity contribution in [3.05, 3.63) is 30.2 Å². The topological polar surface area (TPSA) is 130 Å². The molecule has 0 aliphatic carbocycles. The summed E-state index contributed by atoms with van der Waals surface area (Å²) in [7, 11) is 1.48. The Balaban J connectivity index is 1.99. The van der Waals surface area contributed by atoms with Crippen LogP contribution in [0.3, 0.4) is 0 Å². The molecule has 11 heteroatoms. The van der Waals surface area contributed by atoms with Gasteiger partial charge < -0.3 is 29.8 Å². The molecule has 2 heterocycles. The molecule has 0 radical (unpaired) electrons. The first kappa shape index (κ1) is 27.7. The van der Waals surface area contributed by atoms with Gasteiger partial charge in [-0.1, -0.05) is 32.5 Å². The van der Waals surface area contributed by atoms with Crippen LogP contribution in [0.5, 0.6) is 0 Å². The monoisotopic (exact) mass is 517 g/mol. The van der Waals surface area contributed by atoms with Crippen molar-refractivity contribution in [2.75, 3.05) is 31.5 Å². The van der Waals surface area contributed by atoms with Crippen molar-refractivity contribution in [2.24, 2.45) is 5.73 Å². The lowest BCUT2D eigenvalue weighted by atomic mass is 10.0. The number of imidazole rings is 1. The molecule has 0 unspecified atom stereocenters. The molecule has 1 amide bonds. The Labute approximate surface area is 213 Å². The van der Waals surface area contributed by atoms with Gasteiger partial charge in [0.25, 0.3) is 0 Å². The maximum atomic E-state index is 12.5. The maximum Gasteiger partial charge on any atom is 0.411 e. The number of aromatic nitrogens is 2. The maximum absolute atomic E-state index is 12.5. The molecule has 0 fully saturated rings. The van der Waals surface area contributed by atoms with Crippen molar-refractivity contribution in [1.82, 2.24) is 9.55 Å². The van der Waals surface area contributed by atoms with Gasteiger partial charge in [0, 0.05) is 37.8 Å². The summed E-state index contributed by atoms with van der Waals surface area (Å²) in [5.74, 6) is 0.418. The summed E-state index contributed by atoms with van der Waals surface area (Å²) < 4.78 is 17.7. The van der Waals surface area contributed by atoms with E-state index in [4.69, 9.17) is 24.9 Å². The number of hydrogen-bond donors (Lipinski definition) is 3. The van der Waals surface area contributed by atoms with Crippen LogP contribution in [0.2, 0.25) is 25.7 Å². The van der Waals surface area contributed by atoms with E-state index >= 15 is 0 Å². The highest BCUT2D eigenvalue weighted by molar-refractivity contribution is 6.76. The first-order valence-electron chi connectivity index (χ1n) is 12.4. The number of fused-ring (bicyclic) bond motifs is 4. The van der Waals surface area contributed by atoms with E-state index in [2.05, 4.69) is 30.3 Å². The number of nitrogens with zero attached hydrogens (tertiary/aromatic N) is 2. The molecule has 4 N–H and O–H groups in total. The van der Waals surface area contributed by atoms with E-state index in [1.54, 1.807) is 12.1 Å². The van der Waals surface area contributed by atoms with Gasteiger partial charge in [-0.15, -0.1) is 0 Å². The average molecular weight is 518 g/mol. The molecule has 0 saturated carbocycles.